The van der Waals surface area contributed by atoms with Crippen LogP contribution in [0.15, 0.2) is 16.9 Å². The van der Waals surface area contributed by atoms with E-state index in [0.717, 1.165) is 31.5 Å². The SMILES string of the molecule is COC(OC)C1CCC2CCC3C=NC(NC(C)(C)C)=CC3(C)C(=O)N2C1. The minimum absolute atomic E-state index is 0.0942. The van der Waals surface area contributed by atoms with Gasteiger partial charge in [-0.1, -0.05) is 0 Å². The normalized spacial score (nSPS) is 34.0. The lowest BCUT2D eigenvalue weighted by Gasteiger charge is -2.43. The van der Waals surface area contributed by atoms with Crippen molar-refractivity contribution in [2.24, 2.45) is 22.2 Å². The zero-order chi connectivity index (χ0) is 19.8. The average molecular weight is 378 g/mol. The summed E-state index contributed by atoms with van der Waals surface area (Å²) in [4.78, 5) is 20.4. The van der Waals surface area contributed by atoms with E-state index in [1.54, 1.807) is 14.2 Å². The standard InChI is InChI=1S/C21H35N3O3/c1-20(2,3)23-17-11-21(4)15(12-22-17)8-10-16-9-7-14(18(26-5)27-6)13-24(16)19(21)25/h11-12,14-16,18,23H,7-10,13H2,1-6H3. The van der Waals surface area contributed by atoms with Gasteiger partial charge in [0.25, 0.3) is 0 Å². The molecule has 3 aliphatic rings. The van der Waals surface area contributed by atoms with Crippen molar-refractivity contribution in [2.75, 3.05) is 20.8 Å². The Balaban J connectivity index is 1.86. The summed E-state index contributed by atoms with van der Waals surface area (Å²) in [5, 5.41) is 3.43. The van der Waals surface area contributed by atoms with Gasteiger partial charge in [0.1, 0.15) is 5.82 Å². The number of nitrogens with zero attached hydrogens (tertiary/aromatic N) is 2. The van der Waals surface area contributed by atoms with Gasteiger partial charge < -0.3 is 19.7 Å². The molecule has 2 saturated heterocycles. The second-order valence-corrected chi connectivity index (χ2v) is 9.44. The summed E-state index contributed by atoms with van der Waals surface area (Å²) in [7, 11) is 3.35. The summed E-state index contributed by atoms with van der Waals surface area (Å²) in [5.41, 5.74) is -0.648. The molecule has 3 heterocycles. The second-order valence-electron chi connectivity index (χ2n) is 9.44. The third kappa shape index (κ3) is 4.06. The molecular formula is C21H35N3O3. The number of methoxy groups -OCH3 is 2. The van der Waals surface area contributed by atoms with Gasteiger partial charge in [0, 0.05) is 50.4 Å². The molecule has 6 heteroatoms. The fourth-order valence-electron chi connectivity index (χ4n) is 4.79. The van der Waals surface area contributed by atoms with Crippen molar-refractivity contribution in [3.05, 3.63) is 11.9 Å². The van der Waals surface area contributed by atoms with Gasteiger partial charge in [0.05, 0.1) is 5.41 Å². The van der Waals surface area contributed by atoms with Crippen LogP contribution >= 0.6 is 0 Å². The van der Waals surface area contributed by atoms with Crippen LogP contribution in [-0.4, -0.2) is 55.7 Å². The first kappa shape index (κ1) is 20.3. The molecule has 6 nitrogen and oxygen atoms in total. The van der Waals surface area contributed by atoms with Crippen LogP contribution < -0.4 is 5.32 Å². The van der Waals surface area contributed by atoms with E-state index >= 15 is 0 Å². The van der Waals surface area contributed by atoms with Crippen LogP contribution in [0.1, 0.15) is 53.4 Å². The molecule has 0 radical (unpaired) electrons. The maximum atomic E-state index is 13.7. The number of hydrogen-bond acceptors (Lipinski definition) is 5. The van der Waals surface area contributed by atoms with E-state index in [4.69, 9.17) is 9.47 Å². The smallest absolute Gasteiger partial charge is 0.233 e. The highest BCUT2D eigenvalue weighted by Crippen LogP contribution is 2.43. The van der Waals surface area contributed by atoms with Crippen LogP contribution in [0.2, 0.25) is 0 Å². The summed E-state index contributed by atoms with van der Waals surface area (Å²) < 4.78 is 11.0. The lowest BCUT2D eigenvalue weighted by atomic mass is 9.73. The van der Waals surface area contributed by atoms with E-state index in [9.17, 15) is 4.79 Å². The highest BCUT2D eigenvalue weighted by molar-refractivity contribution is 5.90. The second kappa shape index (κ2) is 7.55. The van der Waals surface area contributed by atoms with E-state index in [2.05, 4.69) is 49.0 Å². The Kier molecular flexibility index (Phi) is 5.69. The topological polar surface area (TPSA) is 63.2 Å². The van der Waals surface area contributed by atoms with E-state index in [1.807, 2.05) is 6.21 Å². The van der Waals surface area contributed by atoms with Gasteiger partial charge in [0.15, 0.2) is 6.29 Å². The number of carbonyl (C=O) groups is 1. The molecule has 0 aliphatic carbocycles. The fourth-order valence-corrected chi connectivity index (χ4v) is 4.79. The van der Waals surface area contributed by atoms with Gasteiger partial charge in [-0.2, -0.15) is 0 Å². The van der Waals surface area contributed by atoms with Gasteiger partial charge >= 0.3 is 0 Å². The number of aliphatic imine (C=N–C) groups is 1. The summed E-state index contributed by atoms with van der Waals surface area (Å²) in [6.07, 6.45) is 7.86. The number of rotatable bonds is 4. The van der Waals surface area contributed by atoms with Gasteiger partial charge in [-0.05, 0) is 59.5 Å². The maximum Gasteiger partial charge on any atom is 0.233 e. The Hall–Kier alpha value is -1.40. The van der Waals surface area contributed by atoms with Crippen LogP contribution in [0, 0.1) is 17.3 Å². The Morgan fingerprint density at radius 3 is 2.52 bits per heavy atom. The van der Waals surface area contributed by atoms with Crippen LogP contribution in [-0.2, 0) is 14.3 Å². The molecule has 0 aromatic heterocycles. The van der Waals surface area contributed by atoms with Crippen molar-refractivity contribution >= 4 is 12.1 Å². The Bertz CT molecular complexity index is 621. The van der Waals surface area contributed by atoms with Crippen molar-refractivity contribution in [1.82, 2.24) is 10.2 Å². The molecule has 0 bridgehead atoms. The Morgan fingerprint density at radius 2 is 1.89 bits per heavy atom. The molecule has 0 saturated carbocycles. The van der Waals surface area contributed by atoms with Crippen LogP contribution in [0.25, 0.3) is 0 Å². The summed E-state index contributed by atoms with van der Waals surface area (Å²) in [6, 6.07) is 0.311. The van der Waals surface area contributed by atoms with E-state index in [0.29, 0.717) is 12.6 Å². The molecule has 1 N–H and O–H groups in total. The Morgan fingerprint density at radius 1 is 1.22 bits per heavy atom. The van der Waals surface area contributed by atoms with Gasteiger partial charge in [0.2, 0.25) is 5.91 Å². The molecule has 0 aromatic carbocycles. The maximum absolute atomic E-state index is 13.7. The van der Waals surface area contributed by atoms with Crippen molar-refractivity contribution in [3.63, 3.8) is 0 Å². The highest BCUT2D eigenvalue weighted by atomic mass is 16.7. The van der Waals surface area contributed by atoms with Crippen LogP contribution in [0.3, 0.4) is 0 Å². The van der Waals surface area contributed by atoms with E-state index in [1.165, 1.54) is 0 Å². The van der Waals surface area contributed by atoms with Crippen molar-refractivity contribution in [2.45, 2.75) is 71.2 Å². The molecule has 152 valence electrons. The highest BCUT2D eigenvalue weighted by Gasteiger charge is 2.49. The van der Waals surface area contributed by atoms with Crippen LogP contribution in [0.5, 0.6) is 0 Å². The molecule has 0 aromatic rings. The van der Waals surface area contributed by atoms with E-state index < -0.39 is 5.41 Å². The average Bonchev–Trinajstić information content (AvgIpc) is 2.70. The molecule has 27 heavy (non-hydrogen) atoms. The largest absolute Gasteiger partial charge is 0.366 e. The number of piperidine rings is 1. The summed E-state index contributed by atoms with van der Waals surface area (Å²) in [5.74, 6) is 1.38. The number of amides is 1. The number of nitrogens with one attached hydrogen (secondary N) is 1. The first-order valence-electron chi connectivity index (χ1n) is 10.1. The van der Waals surface area contributed by atoms with Crippen molar-refractivity contribution < 1.29 is 14.3 Å². The first-order valence-corrected chi connectivity index (χ1v) is 10.1. The summed E-state index contributed by atoms with van der Waals surface area (Å²) >= 11 is 0. The van der Waals surface area contributed by atoms with Gasteiger partial charge in [-0.25, -0.2) is 4.99 Å². The molecule has 0 spiro atoms. The minimum Gasteiger partial charge on any atom is -0.366 e. The number of ether oxygens (including phenoxy) is 2. The predicted molar refractivity (Wildman–Crippen MR) is 106 cm³/mol. The van der Waals surface area contributed by atoms with Crippen LogP contribution in [0.4, 0.5) is 0 Å². The van der Waals surface area contributed by atoms with Crippen molar-refractivity contribution in [3.8, 4) is 0 Å². The monoisotopic (exact) mass is 377 g/mol. The molecule has 3 rings (SSSR count). The molecule has 1 amide bonds. The zero-order valence-electron chi connectivity index (χ0n) is 17.6. The summed E-state index contributed by atoms with van der Waals surface area (Å²) in [6.45, 7) is 9.09. The fraction of sp³-hybridized carbons (Fsp3) is 0.810. The predicted octanol–water partition coefficient (Wildman–Crippen LogP) is 2.94. The molecule has 4 unspecified atom stereocenters. The number of hydrogen-bond donors (Lipinski definition) is 1. The van der Waals surface area contributed by atoms with Gasteiger partial charge in [-0.15, -0.1) is 0 Å². The lowest BCUT2D eigenvalue weighted by Crippen LogP contribution is -2.54. The molecule has 3 aliphatic heterocycles. The molecular weight excluding hydrogens is 342 g/mol. The van der Waals surface area contributed by atoms with E-state index in [-0.39, 0.29) is 29.6 Å². The molecule has 2 fully saturated rings. The first-order chi connectivity index (χ1) is 12.7. The lowest BCUT2D eigenvalue weighted by molar-refractivity contribution is -0.163. The Labute approximate surface area is 163 Å². The number of fused-ring (bicyclic) bond motifs is 2. The number of carbonyl (C=O) groups excluding carboxylic acids is 1. The molecule has 4 atom stereocenters. The third-order valence-electron chi connectivity index (χ3n) is 6.23. The minimum atomic E-state index is -0.554. The van der Waals surface area contributed by atoms with Crippen molar-refractivity contribution in [1.29, 1.82) is 0 Å². The quantitative estimate of drug-likeness (QED) is 0.765. The van der Waals surface area contributed by atoms with Gasteiger partial charge in [-0.3, -0.25) is 4.79 Å². The third-order valence-corrected chi connectivity index (χ3v) is 6.23. The zero-order valence-corrected chi connectivity index (χ0v) is 17.6.